The molecule has 3 rings (SSSR count). The Kier molecular flexibility index (Phi) is 6.28. The highest BCUT2D eigenvalue weighted by molar-refractivity contribution is 7.92. The van der Waals surface area contributed by atoms with Crippen LogP contribution in [0, 0.1) is 12.7 Å². The molecule has 28 heavy (non-hydrogen) atoms. The molecule has 0 bridgehead atoms. The molecule has 0 spiro atoms. The van der Waals surface area contributed by atoms with E-state index in [0.717, 1.165) is 18.9 Å². The molecule has 7 nitrogen and oxygen atoms in total. The van der Waals surface area contributed by atoms with Crippen molar-refractivity contribution in [2.24, 2.45) is 0 Å². The molecule has 0 radical (unpaired) electrons. The van der Waals surface area contributed by atoms with Gasteiger partial charge in [0.25, 0.3) is 15.9 Å². The lowest BCUT2D eigenvalue weighted by Crippen LogP contribution is -2.33. The van der Waals surface area contributed by atoms with E-state index >= 15 is 0 Å². The van der Waals surface area contributed by atoms with E-state index in [2.05, 4.69) is 10.2 Å². The highest BCUT2D eigenvalue weighted by atomic mass is 32.2. The minimum atomic E-state index is -4.08. The summed E-state index contributed by atoms with van der Waals surface area (Å²) in [6.07, 6.45) is 2.03. The third kappa shape index (κ3) is 4.86. The second-order valence-corrected chi connectivity index (χ2v) is 8.09. The Bertz CT molecular complexity index is 959. The van der Waals surface area contributed by atoms with E-state index < -0.39 is 28.0 Å². The van der Waals surface area contributed by atoms with Crippen molar-refractivity contribution in [2.45, 2.75) is 37.4 Å². The molecule has 1 amide bonds. The minimum absolute atomic E-state index is 0.132. The van der Waals surface area contributed by atoms with Gasteiger partial charge in [-0.3, -0.25) is 9.52 Å². The Morgan fingerprint density at radius 3 is 2.71 bits per heavy atom. The number of amides is 1. The molecule has 1 atom stereocenters. The van der Waals surface area contributed by atoms with Gasteiger partial charge in [-0.05, 0) is 49.6 Å². The van der Waals surface area contributed by atoms with Crippen LogP contribution in [0.1, 0.15) is 35.2 Å². The number of rotatable bonds is 6. The fourth-order valence-corrected chi connectivity index (χ4v) is 3.83. The number of para-hydroxylation sites is 1. The summed E-state index contributed by atoms with van der Waals surface area (Å²) in [7, 11) is -4.08. The molecule has 2 aromatic carbocycles. The summed E-state index contributed by atoms with van der Waals surface area (Å²) in [5.41, 5.74) is 2.83. The maximum atomic E-state index is 13.8. The second kappa shape index (κ2) is 8.68. The van der Waals surface area contributed by atoms with Crippen molar-refractivity contribution in [1.29, 1.82) is 0 Å². The molecule has 1 heterocycles. The van der Waals surface area contributed by atoms with Gasteiger partial charge in [0.15, 0.2) is 6.29 Å². The molecule has 150 valence electrons. The molecule has 9 heteroatoms. The van der Waals surface area contributed by atoms with Gasteiger partial charge in [0.2, 0.25) is 0 Å². The van der Waals surface area contributed by atoms with Crippen molar-refractivity contribution in [3.05, 3.63) is 59.4 Å². The minimum Gasteiger partial charge on any atom is -0.350 e. The first kappa shape index (κ1) is 20.2. The normalized spacial score (nSPS) is 17.1. The van der Waals surface area contributed by atoms with Crippen LogP contribution in [-0.2, 0) is 19.6 Å². The second-order valence-electron chi connectivity index (χ2n) is 6.41. The molecule has 1 aliphatic heterocycles. The molecule has 1 aliphatic rings. The number of benzene rings is 2. The van der Waals surface area contributed by atoms with Crippen molar-refractivity contribution in [3.8, 4) is 0 Å². The van der Waals surface area contributed by atoms with E-state index in [1.54, 1.807) is 6.92 Å². The molecule has 1 unspecified atom stereocenters. The Hall–Kier alpha value is -2.49. The van der Waals surface area contributed by atoms with Crippen molar-refractivity contribution in [1.82, 2.24) is 5.48 Å². The van der Waals surface area contributed by atoms with Gasteiger partial charge in [0, 0.05) is 18.6 Å². The number of hydrogen-bond donors (Lipinski definition) is 2. The average molecular weight is 408 g/mol. The number of anilines is 1. The zero-order valence-corrected chi connectivity index (χ0v) is 16.1. The van der Waals surface area contributed by atoms with Crippen LogP contribution >= 0.6 is 0 Å². The predicted molar refractivity (Wildman–Crippen MR) is 101 cm³/mol. The molecule has 1 saturated heterocycles. The fraction of sp³-hybridized carbons (Fsp3) is 0.316. The number of carbonyl (C=O) groups excluding carboxylic acids is 1. The largest absolute Gasteiger partial charge is 0.350 e. The third-order valence-electron chi connectivity index (χ3n) is 4.30. The van der Waals surface area contributed by atoms with E-state index in [9.17, 15) is 17.6 Å². The van der Waals surface area contributed by atoms with E-state index in [1.165, 1.54) is 36.4 Å². The van der Waals surface area contributed by atoms with Crippen LogP contribution in [0.2, 0.25) is 0 Å². The van der Waals surface area contributed by atoms with Crippen LogP contribution < -0.4 is 10.2 Å². The van der Waals surface area contributed by atoms with Crippen molar-refractivity contribution in [3.63, 3.8) is 0 Å². The molecule has 1 fully saturated rings. The Labute approximate surface area is 162 Å². The van der Waals surface area contributed by atoms with Crippen molar-refractivity contribution < 1.29 is 27.2 Å². The van der Waals surface area contributed by atoms with Crippen LogP contribution in [0.25, 0.3) is 0 Å². The number of halogens is 1. The fourth-order valence-electron chi connectivity index (χ4n) is 2.74. The maximum absolute atomic E-state index is 13.8. The number of carbonyl (C=O) groups is 1. The highest BCUT2D eigenvalue weighted by Gasteiger charge is 2.21. The van der Waals surface area contributed by atoms with Crippen LogP contribution in [0.5, 0.6) is 0 Å². The monoisotopic (exact) mass is 408 g/mol. The van der Waals surface area contributed by atoms with Crippen LogP contribution in [0.4, 0.5) is 10.1 Å². The smallest absolute Gasteiger partial charge is 0.275 e. The first-order valence-corrected chi connectivity index (χ1v) is 10.3. The lowest BCUT2D eigenvalue weighted by Gasteiger charge is -2.22. The maximum Gasteiger partial charge on any atom is 0.275 e. The summed E-state index contributed by atoms with van der Waals surface area (Å²) in [5.74, 6) is -1.29. The molecular formula is C19H21FN2O5S. The molecule has 0 aromatic heterocycles. The summed E-state index contributed by atoms with van der Waals surface area (Å²) >= 11 is 0. The molecule has 2 N–H and O–H groups in total. The van der Waals surface area contributed by atoms with E-state index in [4.69, 9.17) is 9.57 Å². The SMILES string of the molecule is Cc1ccc(S(=O)(=O)Nc2ccccc2F)cc1C(=O)NOC1CCCCO1. The van der Waals surface area contributed by atoms with Gasteiger partial charge in [-0.15, -0.1) is 0 Å². The van der Waals surface area contributed by atoms with E-state index in [0.29, 0.717) is 18.6 Å². The number of aryl methyl sites for hydroxylation is 1. The molecule has 0 saturated carbocycles. The molecule has 0 aliphatic carbocycles. The topological polar surface area (TPSA) is 93.7 Å². The third-order valence-corrected chi connectivity index (χ3v) is 5.67. The predicted octanol–water partition coefficient (Wildman–Crippen LogP) is 3.12. The summed E-state index contributed by atoms with van der Waals surface area (Å²) in [6, 6.07) is 9.50. The van der Waals surface area contributed by atoms with Crippen LogP contribution in [0.15, 0.2) is 47.4 Å². The molecular weight excluding hydrogens is 387 g/mol. The quantitative estimate of drug-likeness (QED) is 0.717. The standard InChI is InChI=1S/C19H21FN2O5S/c1-13-9-10-14(28(24,25)22-17-7-3-2-6-16(17)20)12-15(13)19(23)21-27-18-8-4-5-11-26-18/h2-3,6-7,9-10,12,18,22H,4-5,8,11H2,1H3,(H,21,23). The van der Waals surface area contributed by atoms with E-state index in [-0.39, 0.29) is 16.1 Å². The number of hydroxylamine groups is 1. The van der Waals surface area contributed by atoms with Crippen LogP contribution in [-0.4, -0.2) is 27.2 Å². The number of hydrogen-bond acceptors (Lipinski definition) is 5. The van der Waals surface area contributed by atoms with Gasteiger partial charge in [-0.25, -0.2) is 23.1 Å². The van der Waals surface area contributed by atoms with Gasteiger partial charge in [-0.1, -0.05) is 18.2 Å². The van der Waals surface area contributed by atoms with Gasteiger partial charge in [0.1, 0.15) is 5.82 Å². The molecule has 2 aromatic rings. The summed E-state index contributed by atoms with van der Waals surface area (Å²) in [6.45, 7) is 2.24. The van der Waals surface area contributed by atoms with Gasteiger partial charge >= 0.3 is 0 Å². The number of ether oxygens (including phenoxy) is 1. The van der Waals surface area contributed by atoms with Crippen molar-refractivity contribution in [2.75, 3.05) is 11.3 Å². The van der Waals surface area contributed by atoms with Crippen LogP contribution in [0.3, 0.4) is 0 Å². The summed E-state index contributed by atoms with van der Waals surface area (Å²) in [5, 5.41) is 0. The Morgan fingerprint density at radius 2 is 2.00 bits per heavy atom. The van der Waals surface area contributed by atoms with Gasteiger partial charge < -0.3 is 4.74 Å². The summed E-state index contributed by atoms with van der Waals surface area (Å²) in [4.78, 5) is 17.5. The lowest BCUT2D eigenvalue weighted by molar-refractivity contribution is -0.186. The van der Waals surface area contributed by atoms with Gasteiger partial charge in [-0.2, -0.15) is 0 Å². The zero-order valence-electron chi connectivity index (χ0n) is 15.3. The average Bonchev–Trinajstić information content (AvgIpc) is 2.69. The van der Waals surface area contributed by atoms with E-state index in [1.807, 2.05) is 0 Å². The highest BCUT2D eigenvalue weighted by Crippen LogP contribution is 2.21. The van der Waals surface area contributed by atoms with Gasteiger partial charge in [0.05, 0.1) is 10.6 Å². The number of sulfonamides is 1. The summed E-state index contributed by atoms with van der Waals surface area (Å²) < 4.78 is 46.5. The zero-order chi connectivity index (χ0) is 20.1. The Morgan fingerprint density at radius 1 is 1.21 bits per heavy atom. The first-order valence-electron chi connectivity index (χ1n) is 8.82. The first-order chi connectivity index (χ1) is 13.4. The Balaban J connectivity index is 1.76. The van der Waals surface area contributed by atoms with Crippen molar-refractivity contribution >= 4 is 21.6 Å². The number of nitrogens with one attached hydrogen (secondary N) is 2. The lowest BCUT2D eigenvalue weighted by atomic mass is 10.1.